The van der Waals surface area contributed by atoms with E-state index in [-0.39, 0.29) is 16.4 Å². The molecule has 0 amide bonds. The van der Waals surface area contributed by atoms with E-state index in [0.717, 1.165) is 66.3 Å². The monoisotopic (exact) mass is 573 g/mol. The molecule has 3 heterocycles. The van der Waals surface area contributed by atoms with E-state index in [0.29, 0.717) is 11.4 Å². The fourth-order valence-electron chi connectivity index (χ4n) is 6.61. The standard InChI is InChI=1S/C31H23F4N5S/c32-24-16-26-25(15-23(24)31(33,34)35)38-27(39-26)30(18-29(30)8-11-40(12-9-29)28-37-10-13-41-28)22-6-4-20(5-7-22)21-3-1-2-19(14-21)17-36/h1-7,10,13-16H,8-9,11-12,18H2,(H,38,39). The van der Waals surface area contributed by atoms with Crippen LogP contribution in [0.25, 0.3) is 22.2 Å². The first kappa shape index (κ1) is 25.7. The number of aromatic nitrogens is 3. The fourth-order valence-corrected chi connectivity index (χ4v) is 7.31. The van der Waals surface area contributed by atoms with Gasteiger partial charge in [0.25, 0.3) is 0 Å². The van der Waals surface area contributed by atoms with Gasteiger partial charge in [0.05, 0.1) is 33.6 Å². The second kappa shape index (κ2) is 9.14. The molecule has 0 radical (unpaired) electrons. The minimum Gasteiger partial charge on any atom is -0.348 e. The van der Waals surface area contributed by atoms with Crippen LogP contribution in [0, 0.1) is 22.6 Å². The average Bonchev–Trinajstić information content (AvgIpc) is 3.32. The van der Waals surface area contributed by atoms with Crippen LogP contribution in [0.5, 0.6) is 0 Å². The minimum atomic E-state index is -4.80. The molecule has 206 valence electrons. The Morgan fingerprint density at radius 2 is 1.78 bits per heavy atom. The van der Waals surface area contributed by atoms with Gasteiger partial charge in [0, 0.05) is 30.7 Å². The minimum absolute atomic E-state index is 0.151. The van der Waals surface area contributed by atoms with E-state index in [1.807, 2.05) is 47.8 Å². The molecular weight excluding hydrogens is 550 g/mol. The number of benzene rings is 3. The number of alkyl halides is 3. The van der Waals surface area contributed by atoms with Crippen molar-refractivity contribution in [1.82, 2.24) is 15.0 Å². The number of nitrogens with zero attached hydrogens (tertiary/aromatic N) is 4. The average molecular weight is 574 g/mol. The Kier molecular flexibility index (Phi) is 5.74. The van der Waals surface area contributed by atoms with Crippen LogP contribution in [0.3, 0.4) is 0 Å². The lowest BCUT2D eigenvalue weighted by atomic mass is 9.79. The lowest BCUT2D eigenvalue weighted by molar-refractivity contribution is -0.139. The predicted octanol–water partition coefficient (Wildman–Crippen LogP) is 7.69. The molecule has 1 saturated heterocycles. The topological polar surface area (TPSA) is 68.6 Å². The molecule has 0 bridgehead atoms. The molecule has 10 heteroatoms. The number of piperidine rings is 1. The zero-order valence-electron chi connectivity index (χ0n) is 21.7. The highest BCUT2D eigenvalue weighted by Gasteiger charge is 2.70. The molecule has 1 saturated carbocycles. The van der Waals surface area contributed by atoms with Crippen molar-refractivity contribution in [2.45, 2.75) is 30.9 Å². The first-order valence-corrected chi connectivity index (χ1v) is 14.1. The molecule has 5 nitrogen and oxygen atoms in total. The van der Waals surface area contributed by atoms with Crippen molar-refractivity contribution >= 4 is 27.5 Å². The maximum absolute atomic E-state index is 14.4. The van der Waals surface area contributed by atoms with Gasteiger partial charge in [-0.3, -0.25) is 0 Å². The van der Waals surface area contributed by atoms with Gasteiger partial charge in [0.15, 0.2) is 5.13 Å². The van der Waals surface area contributed by atoms with Gasteiger partial charge < -0.3 is 9.88 Å². The Morgan fingerprint density at radius 1 is 1.00 bits per heavy atom. The quantitative estimate of drug-likeness (QED) is 0.224. The van der Waals surface area contributed by atoms with Crippen LogP contribution in [0.1, 0.15) is 41.8 Å². The highest BCUT2D eigenvalue weighted by atomic mass is 32.1. The highest BCUT2D eigenvalue weighted by Crippen LogP contribution is 2.72. The zero-order valence-corrected chi connectivity index (χ0v) is 22.5. The number of hydrogen-bond acceptors (Lipinski definition) is 5. The number of thiazole rings is 1. The summed E-state index contributed by atoms with van der Waals surface area (Å²) in [5.74, 6) is -0.767. The predicted molar refractivity (Wildman–Crippen MR) is 149 cm³/mol. The van der Waals surface area contributed by atoms with E-state index in [2.05, 4.69) is 20.9 Å². The Bertz CT molecular complexity index is 1800. The van der Waals surface area contributed by atoms with Crippen LogP contribution in [0.15, 0.2) is 72.2 Å². The van der Waals surface area contributed by atoms with Crippen molar-refractivity contribution in [3.05, 3.63) is 101 Å². The highest BCUT2D eigenvalue weighted by molar-refractivity contribution is 7.13. The first-order chi connectivity index (χ1) is 19.7. The summed E-state index contributed by atoms with van der Waals surface area (Å²) in [5.41, 5.74) is 1.80. The Hall–Kier alpha value is -4.23. The van der Waals surface area contributed by atoms with E-state index >= 15 is 0 Å². The smallest absolute Gasteiger partial charge is 0.348 e. The number of anilines is 1. The third kappa shape index (κ3) is 4.10. The van der Waals surface area contributed by atoms with Gasteiger partial charge in [-0.25, -0.2) is 14.4 Å². The van der Waals surface area contributed by atoms with Crippen LogP contribution < -0.4 is 4.90 Å². The molecule has 41 heavy (non-hydrogen) atoms. The summed E-state index contributed by atoms with van der Waals surface area (Å²) < 4.78 is 54.8. The molecule has 1 aliphatic heterocycles. The van der Waals surface area contributed by atoms with Crippen LogP contribution in [-0.4, -0.2) is 28.0 Å². The van der Waals surface area contributed by atoms with Crippen LogP contribution in [-0.2, 0) is 11.6 Å². The summed E-state index contributed by atoms with van der Waals surface area (Å²) in [7, 11) is 0. The van der Waals surface area contributed by atoms with E-state index in [1.165, 1.54) is 0 Å². The van der Waals surface area contributed by atoms with Gasteiger partial charge >= 0.3 is 6.18 Å². The van der Waals surface area contributed by atoms with Gasteiger partial charge in [-0.15, -0.1) is 11.3 Å². The van der Waals surface area contributed by atoms with Crippen LogP contribution in [0.2, 0.25) is 0 Å². The molecule has 2 aromatic heterocycles. The summed E-state index contributed by atoms with van der Waals surface area (Å²) in [4.78, 5) is 14.6. The molecule has 7 rings (SSSR count). The van der Waals surface area contributed by atoms with Gasteiger partial charge in [0.1, 0.15) is 11.6 Å². The Morgan fingerprint density at radius 3 is 2.46 bits per heavy atom. The zero-order chi connectivity index (χ0) is 28.4. The number of fused-ring (bicyclic) bond motifs is 1. The van der Waals surface area contributed by atoms with Crippen molar-refractivity contribution < 1.29 is 17.6 Å². The second-order valence-corrected chi connectivity index (χ2v) is 11.7. The van der Waals surface area contributed by atoms with Crippen molar-refractivity contribution in [2.24, 2.45) is 5.41 Å². The number of halogens is 4. The van der Waals surface area contributed by atoms with Crippen molar-refractivity contribution in [2.75, 3.05) is 18.0 Å². The van der Waals surface area contributed by atoms with E-state index in [1.54, 1.807) is 23.6 Å². The number of aromatic amines is 1. The number of H-pyrrole nitrogens is 1. The lowest BCUT2D eigenvalue weighted by Crippen LogP contribution is -2.38. The van der Waals surface area contributed by atoms with Crippen LogP contribution >= 0.6 is 11.3 Å². The molecule has 2 fully saturated rings. The third-order valence-electron chi connectivity index (χ3n) is 8.78. The van der Waals surface area contributed by atoms with Gasteiger partial charge in [-0.2, -0.15) is 18.4 Å². The molecular formula is C31H23F4N5S. The fraction of sp³-hybridized carbons (Fsp3) is 0.258. The SMILES string of the molecule is N#Cc1cccc(-c2ccc(C3(c4nc5cc(F)c(C(F)(F)F)cc5[nH]4)CC34CCN(c3nccs3)CC4)cc2)c1. The number of imidazole rings is 1. The lowest BCUT2D eigenvalue weighted by Gasteiger charge is -2.35. The normalized spacial score (nSPS) is 19.9. The van der Waals surface area contributed by atoms with Gasteiger partial charge in [-0.1, -0.05) is 36.4 Å². The molecule has 5 aromatic rings. The maximum atomic E-state index is 14.4. The Labute approximate surface area is 237 Å². The number of nitriles is 1. The molecule has 2 aliphatic rings. The van der Waals surface area contributed by atoms with Crippen molar-refractivity contribution in [3.63, 3.8) is 0 Å². The largest absolute Gasteiger partial charge is 0.419 e. The summed E-state index contributed by atoms with van der Waals surface area (Å²) in [5, 5.41) is 12.2. The number of nitrogens with one attached hydrogen (secondary N) is 1. The molecule has 1 unspecified atom stereocenters. The third-order valence-corrected chi connectivity index (χ3v) is 9.61. The van der Waals surface area contributed by atoms with Gasteiger partial charge in [-0.05, 0) is 59.6 Å². The first-order valence-electron chi connectivity index (χ1n) is 13.2. The van der Waals surface area contributed by atoms with Gasteiger partial charge in [0.2, 0.25) is 0 Å². The molecule has 1 aliphatic carbocycles. The molecule has 1 spiro atoms. The molecule has 3 aromatic carbocycles. The summed E-state index contributed by atoms with van der Waals surface area (Å²) in [6, 6.07) is 19.4. The Balaban J connectivity index is 1.30. The second-order valence-electron chi connectivity index (χ2n) is 10.9. The van der Waals surface area contributed by atoms with E-state index < -0.39 is 23.0 Å². The number of rotatable bonds is 4. The maximum Gasteiger partial charge on any atom is 0.419 e. The summed E-state index contributed by atoms with van der Waals surface area (Å²) >= 11 is 1.60. The van der Waals surface area contributed by atoms with E-state index in [9.17, 15) is 22.8 Å². The summed E-state index contributed by atoms with van der Waals surface area (Å²) in [6.45, 7) is 1.61. The van der Waals surface area contributed by atoms with Crippen molar-refractivity contribution in [3.8, 4) is 17.2 Å². The van der Waals surface area contributed by atoms with Crippen molar-refractivity contribution in [1.29, 1.82) is 5.26 Å². The summed E-state index contributed by atoms with van der Waals surface area (Å²) in [6.07, 6.45) is -0.509. The van der Waals surface area contributed by atoms with Crippen LogP contribution in [0.4, 0.5) is 22.7 Å². The molecule has 1 atom stereocenters. The van der Waals surface area contributed by atoms with E-state index in [4.69, 9.17) is 4.98 Å². The molecule has 1 N–H and O–H groups in total. The number of hydrogen-bond donors (Lipinski definition) is 1.